The number of carbonyl (C=O) groups is 1. The Morgan fingerprint density at radius 3 is 2.68 bits per heavy atom. The molecule has 3 N–H and O–H groups in total. The number of nitrogens with one attached hydrogen (secondary N) is 1. The van der Waals surface area contributed by atoms with E-state index in [9.17, 15) is 9.18 Å². The van der Waals surface area contributed by atoms with Crippen molar-refractivity contribution in [1.82, 2.24) is 5.32 Å². The van der Waals surface area contributed by atoms with Gasteiger partial charge in [-0.3, -0.25) is 4.79 Å². The van der Waals surface area contributed by atoms with Crippen LogP contribution in [0.4, 0.5) is 4.39 Å². The van der Waals surface area contributed by atoms with Gasteiger partial charge < -0.3 is 11.1 Å². The average Bonchev–Trinajstić information content (AvgIpc) is 2.31. The summed E-state index contributed by atoms with van der Waals surface area (Å²) in [6.07, 6.45) is 2.76. The van der Waals surface area contributed by atoms with Gasteiger partial charge in [0.05, 0.1) is 11.5 Å². The molecule has 3 nitrogen and oxygen atoms in total. The van der Waals surface area contributed by atoms with E-state index in [1.165, 1.54) is 6.07 Å². The molecule has 1 unspecified atom stereocenters. The van der Waals surface area contributed by atoms with Crippen molar-refractivity contribution in [3.8, 4) is 0 Å². The number of hydrogen-bond acceptors (Lipinski definition) is 2. The second kappa shape index (κ2) is 5.29. The van der Waals surface area contributed by atoms with Gasteiger partial charge in [0, 0.05) is 6.54 Å². The van der Waals surface area contributed by atoms with Crippen LogP contribution in [0.1, 0.15) is 43.4 Å². The molecule has 1 aromatic carbocycles. The number of carbonyl (C=O) groups excluding carboxylic acids is 1. The van der Waals surface area contributed by atoms with Gasteiger partial charge in [-0.05, 0) is 43.9 Å². The Morgan fingerprint density at radius 1 is 1.53 bits per heavy atom. The van der Waals surface area contributed by atoms with Crippen LogP contribution in [-0.2, 0) is 4.79 Å². The van der Waals surface area contributed by atoms with Crippen molar-refractivity contribution in [3.63, 3.8) is 0 Å². The van der Waals surface area contributed by atoms with E-state index >= 15 is 0 Å². The molecule has 4 heteroatoms. The fraction of sp³-hybridized carbons (Fsp3) is 0.533. The maximum atomic E-state index is 13.5. The van der Waals surface area contributed by atoms with Gasteiger partial charge in [0.25, 0.3) is 0 Å². The van der Waals surface area contributed by atoms with E-state index in [-0.39, 0.29) is 17.8 Å². The van der Waals surface area contributed by atoms with E-state index in [2.05, 4.69) is 5.32 Å². The van der Waals surface area contributed by atoms with Gasteiger partial charge in [0.1, 0.15) is 5.82 Å². The first-order valence-corrected chi connectivity index (χ1v) is 6.75. The zero-order valence-electron chi connectivity index (χ0n) is 11.5. The Morgan fingerprint density at radius 2 is 2.21 bits per heavy atom. The zero-order chi connectivity index (χ0) is 14.0. The Labute approximate surface area is 113 Å². The zero-order valence-corrected chi connectivity index (χ0v) is 11.5. The van der Waals surface area contributed by atoms with Gasteiger partial charge in [-0.15, -0.1) is 0 Å². The summed E-state index contributed by atoms with van der Waals surface area (Å²) in [4.78, 5) is 12.2. The summed E-state index contributed by atoms with van der Waals surface area (Å²) in [5.41, 5.74) is 6.71. The maximum Gasteiger partial charge on any atom is 0.227 e. The highest BCUT2D eigenvalue weighted by Gasteiger charge is 2.43. The molecule has 1 saturated carbocycles. The summed E-state index contributed by atoms with van der Waals surface area (Å²) in [6.45, 7) is 3.97. The van der Waals surface area contributed by atoms with Crippen LogP contribution in [0.15, 0.2) is 18.2 Å². The Hall–Kier alpha value is -1.42. The highest BCUT2D eigenvalue weighted by molar-refractivity contribution is 5.84. The van der Waals surface area contributed by atoms with E-state index in [4.69, 9.17) is 5.73 Å². The lowest BCUT2D eigenvalue weighted by Crippen LogP contribution is -2.50. The summed E-state index contributed by atoms with van der Waals surface area (Å²) in [6, 6.07) is 4.86. The number of benzene rings is 1. The summed E-state index contributed by atoms with van der Waals surface area (Å²) in [7, 11) is 0. The van der Waals surface area contributed by atoms with Crippen LogP contribution in [0, 0.1) is 18.2 Å². The van der Waals surface area contributed by atoms with Gasteiger partial charge >= 0.3 is 0 Å². The van der Waals surface area contributed by atoms with Crippen molar-refractivity contribution < 1.29 is 9.18 Å². The second-order valence-electron chi connectivity index (χ2n) is 5.54. The molecule has 19 heavy (non-hydrogen) atoms. The van der Waals surface area contributed by atoms with Crippen LogP contribution in [0.5, 0.6) is 0 Å². The van der Waals surface area contributed by atoms with Crippen molar-refractivity contribution >= 4 is 5.91 Å². The molecule has 0 radical (unpaired) electrons. The van der Waals surface area contributed by atoms with E-state index in [1.807, 2.05) is 13.0 Å². The number of rotatable bonds is 4. The van der Waals surface area contributed by atoms with Crippen LogP contribution >= 0.6 is 0 Å². The largest absolute Gasteiger partial charge is 0.349 e. The van der Waals surface area contributed by atoms with Gasteiger partial charge in [-0.1, -0.05) is 18.6 Å². The van der Waals surface area contributed by atoms with E-state index in [0.29, 0.717) is 12.1 Å². The highest BCUT2D eigenvalue weighted by Crippen LogP contribution is 2.40. The van der Waals surface area contributed by atoms with Gasteiger partial charge in [-0.2, -0.15) is 0 Å². The molecule has 1 fully saturated rings. The molecule has 0 aromatic heterocycles. The second-order valence-corrected chi connectivity index (χ2v) is 5.54. The molecular formula is C15H21FN2O. The number of nitrogens with two attached hydrogens (primary N) is 1. The molecular weight excluding hydrogens is 243 g/mol. The summed E-state index contributed by atoms with van der Waals surface area (Å²) < 4.78 is 13.5. The number of aryl methyl sites for hydroxylation is 1. The molecule has 0 saturated heterocycles. The van der Waals surface area contributed by atoms with Crippen LogP contribution in [0.2, 0.25) is 0 Å². The average molecular weight is 264 g/mol. The third-order valence-corrected chi connectivity index (χ3v) is 4.23. The minimum absolute atomic E-state index is 0.00488. The first-order chi connectivity index (χ1) is 8.98. The van der Waals surface area contributed by atoms with Crippen molar-refractivity contribution in [2.75, 3.05) is 6.54 Å². The molecule has 0 bridgehead atoms. The third-order valence-electron chi connectivity index (χ3n) is 4.23. The quantitative estimate of drug-likeness (QED) is 0.877. The molecule has 0 heterocycles. The lowest BCUT2D eigenvalue weighted by molar-refractivity contribution is -0.135. The predicted octanol–water partition coefficient (Wildman–Crippen LogP) is 2.44. The highest BCUT2D eigenvalue weighted by atomic mass is 19.1. The minimum atomic E-state index is -0.391. The fourth-order valence-electron chi connectivity index (χ4n) is 2.44. The monoisotopic (exact) mass is 264 g/mol. The number of amides is 1. The Balaban J connectivity index is 2.06. The minimum Gasteiger partial charge on any atom is -0.349 e. The molecule has 1 atom stereocenters. The first-order valence-electron chi connectivity index (χ1n) is 6.75. The van der Waals surface area contributed by atoms with Gasteiger partial charge in [0.2, 0.25) is 5.91 Å². The van der Waals surface area contributed by atoms with E-state index < -0.39 is 5.41 Å². The fourth-order valence-corrected chi connectivity index (χ4v) is 2.44. The maximum absolute atomic E-state index is 13.5. The summed E-state index contributed by atoms with van der Waals surface area (Å²) in [5.74, 6) is -0.245. The molecule has 1 amide bonds. The van der Waals surface area contributed by atoms with Crippen molar-refractivity contribution in [2.24, 2.45) is 11.1 Å². The molecule has 2 rings (SSSR count). The van der Waals surface area contributed by atoms with Gasteiger partial charge in [0.15, 0.2) is 0 Å². The van der Waals surface area contributed by atoms with Crippen LogP contribution < -0.4 is 11.1 Å². The topological polar surface area (TPSA) is 55.1 Å². The normalized spacial score (nSPS) is 18.5. The molecule has 104 valence electrons. The molecule has 0 spiro atoms. The molecule has 1 aliphatic carbocycles. The van der Waals surface area contributed by atoms with Crippen molar-refractivity contribution in [2.45, 2.75) is 39.2 Å². The lowest BCUT2D eigenvalue weighted by atomic mass is 9.68. The van der Waals surface area contributed by atoms with Crippen LogP contribution in [0.25, 0.3) is 0 Å². The van der Waals surface area contributed by atoms with E-state index in [1.54, 1.807) is 13.0 Å². The van der Waals surface area contributed by atoms with Crippen molar-refractivity contribution in [1.29, 1.82) is 0 Å². The standard InChI is InChI=1S/C15H21FN2O/c1-10-4-5-12(8-13(10)16)11(2)18-14(19)15(9-17)6-3-7-15/h4-5,8,11H,3,6-7,9,17H2,1-2H3,(H,18,19). The Kier molecular flexibility index (Phi) is 3.90. The van der Waals surface area contributed by atoms with Crippen molar-refractivity contribution in [3.05, 3.63) is 35.1 Å². The first kappa shape index (κ1) is 14.0. The summed E-state index contributed by atoms with van der Waals surface area (Å²) >= 11 is 0. The van der Waals surface area contributed by atoms with Crippen LogP contribution in [-0.4, -0.2) is 12.5 Å². The predicted molar refractivity (Wildman–Crippen MR) is 73.0 cm³/mol. The number of hydrogen-bond donors (Lipinski definition) is 2. The van der Waals surface area contributed by atoms with E-state index in [0.717, 1.165) is 24.8 Å². The molecule has 1 aliphatic rings. The summed E-state index contributed by atoms with van der Waals surface area (Å²) in [5, 5.41) is 2.95. The SMILES string of the molecule is Cc1ccc(C(C)NC(=O)C2(CN)CCC2)cc1F. The molecule has 1 aromatic rings. The molecule has 0 aliphatic heterocycles. The third kappa shape index (κ3) is 2.63. The van der Waals surface area contributed by atoms with Gasteiger partial charge in [-0.25, -0.2) is 4.39 Å². The Bertz CT molecular complexity index is 478. The number of halogens is 1. The smallest absolute Gasteiger partial charge is 0.227 e. The lowest BCUT2D eigenvalue weighted by Gasteiger charge is -2.39. The van der Waals surface area contributed by atoms with Crippen LogP contribution in [0.3, 0.4) is 0 Å².